The normalized spacial score (nSPS) is 14.6. The number of ether oxygens (including phenoxy) is 1. The lowest BCUT2D eigenvalue weighted by Gasteiger charge is -2.31. The van der Waals surface area contributed by atoms with Crippen molar-refractivity contribution in [2.24, 2.45) is 5.92 Å². The van der Waals surface area contributed by atoms with Gasteiger partial charge in [-0.2, -0.15) is 5.48 Å². The Balaban J connectivity index is 1.70. The smallest absolute Gasteiger partial charge is 0.318 e. The molecule has 13 heteroatoms. The largest absolute Gasteiger partial charge is 0.378 e. The van der Waals surface area contributed by atoms with Gasteiger partial charge in [-0.15, -0.1) is 0 Å². The van der Waals surface area contributed by atoms with Gasteiger partial charge in [-0.05, 0) is 67.1 Å². The Labute approximate surface area is 249 Å². The summed E-state index contributed by atoms with van der Waals surface area (Å²) >= 11 is 0. The Morgan fingerprint density at radius 3 is 2.44 bits per heavy atom. The van der Waals surface area contributed by atoms with Gasteiger partial charge < -0.3 is 30.4 Å². The molecule has 0 radical (unpaired) electrons. The molecular formula is C30H37F2N7O4. The van der Waals surface area contributed by atoms with Gasteiger partial charge in [0.2, 0.25) is 6.41 Å². The highest BCUT2D eigenvalue weighted by Crippen LogP contribution is 2.32. The molecule has 3 amide bonds. The zero-order valence-electron chi connectivity index (χ0n) is 24.2. The zero-order valence-corrected chi connectivity index (χ0v) is 24.2. The molecule has 3 aromatic rings. The number of anilines is 2. The molecule has 4 rings (SSSR count). The van der Waals surface area contributed by atoms with Crippen LogP contribution in [0.25, 0.3) is 11.4 Å². The van der Waals surface area contributed by atoms with Crippen LogP contribution >= 0.6 is 0 Å². The summed E-state index contributed by atoms with van der Waals surface area (Å²) in [6, 6.07) is 11.8. The number of hydrogen-bond acceptors (Lipinski definition) is 8. The van der Waals surface area contributed by atoms with Crippen molar-refractivity contribution in [2.75, 3.05) is 57.2 Å². The number of benzene rings is 2. The highest BCUT2D eigenvalue weighted by molar-refractivity contribution is 5.89. The molecule has 2 heterocycles. The fourth-order valence-electron chi connectivity index (χ4n) is 5.03. The molecule has 2 aromatic carbocycles. The monoisotopic (exact) mass is 597 g/mol. The summed E-state index contributed by atoms with van der Waals surface area (Å²) in [4.78, 5) is 40.1. The molecule has 43 heavy (non-hydrogen) atoms. The molecule has 11 nitrogen and oxygen atoms in total. The molecule has 0 aliphatic carbocycles. The first-order valence-electron chi connectivity index (χ1n) is 14.1. The Morgan fingerprint density at radius 2 is 1.79 bits per heavy atom. The van der Waals surface area contributed by atoms with E-state index in [0.29, 0.717) is 81.3 Å². The first-order valence-corrected chi connectivity index (χ1v) is 14.1. The van der Waals surface area contributed by atoms with Crippen LogP contribution in [0.5, 0.6) is 0 Å². The topological polar surface area (TPSA) is 130 Å². The lowest BCUT2D eigenvalue weighted by atomic mass is 9.88. The molecule has 0 saturated carbocycles. The van der Waals surface area contributed by atoms with Crippen LogP contribution < -0.4 is 26.3 Å². The average molecular weight is 598 g/mol. The Hall–Kier alpha value is -4.20. The first-order chi connectivity index (χ1) is 20.9. The first kappa shape index (κ1) is 31.7. The van der Waals surface area contributed by atoms with Crippen molar-refractivity contribution in [3.8, 4) is 11.4 Å². The van der Waals surface area contributed by atoms with Crippen molar-refractivity contribution in [3.05, 3.63) is 71.4 Å². The molecule has 0 bridgehead atoms. The van der Waals surface area contributed by atoms with Crippen molar-refractivity contribution in [1.29, 1.82) is 0 Å². The SMILES string of the molecule is CNC(=O)Nc1ccc(-c2nc(C(NOC)C(CCNC=O)CCc3cc(F)cc(F)c3)cc(N3CCOCC3)n2)cc1. The standard InChI is InChI=1S/C30H37F2N7O4/c1-33-30(41)35-25-7-5-22(6-8-25)29-36-26(18-27(37-29)39-11-13-43-14-12-39)28(38-42-2)21(9-10-34-19-40)4-3-20-15-23(31)17-24(32)16-20/h5-8,15-19,21,28,38H,3-4,9-14H2,1-2H3,(H,34,40)(H2,33,35,41). The minimum atomic E-state index is -0.632. The van der Waals surface area contributed by atoms with Crippen molar-refractivity contribution in [1.82, 2.24) is 26.1 Å². The number of rotatable bonds is 14. The van der Waals surface area contributed by atoms with Crippen LogP contribution in [-0.4, -0.2) is 69.4 Å². The van der Waals surface area contributed by atoms with Gasteiger partial charge in [-0.3, -0.25) is 4.79 Å². The highest BCUT2D eigenvalue weighted by Gasteiger charge is 2.27. The van der Waals surface area contributed by atoms with Gasteiger partial charge >= 0.3 is 6.03 Å². The number of nitrogens with one attached hydrogen (secondary N) is 4. The maximum atomic E-state index is 13.9. The maximum Gasteiger partial charge on any atom is 0.318 e. The van der Waals surface area contributed by atoms with E-state index in [9.17, 15) is 18.4 Å². The third-order valence-electron chi connectivity index (χ3n) is 7.20. The Kier molecular flexibility index (Phi) is 11.7. The summed E-state index contributed by atoms with van der Waals surface area (Å²) in [6.07, 6.45) is 2.11. The van der Waals surface area contributed by atoms with E-state index in [1.54, 1.807) is 19.2 Å². The number of aromatic nitrogens is 2. The average Bonchev–Trinajstić information content (AvgIpc) is 3.02. The van der Waals surface area contributed by atoms with Gasteiger partial charge in [0.15, 0.2) is 5.82 Å². The summed E-state index contributed by atoms with van der Waals surface area (Å²) in [5.41, 5.74) is 5.62. The third kappa shape index (κ3) is 9.14. The fourth-order valence-corrected chi connectivity index (χ4v) is 5.03. The van der Waals surface area contributed by atoms with E-state index in [4.69, 9.17) is 19.5 Å². The highest BCUT2D eigenvalue weighted by atomic mass is 19.1. The van der Waals surface area contributed by atoms with E-state index >= 15 is 0 Å². The molecule has 4 N–H and O–H groups in total. The van der Waals surface area contributed by atoms with Crippen LogP contribution in [0.2, 0.25) is 0 Å². The predicted molar refractivity (Wildman–Crippen MR) is 158 cm³/mol. The summed E-state index contributed by atoms with van der Waals surface area (Å²) in [5.74, 6) is -0.222. The van der Waals surface area contributed by atoms with Crippen LogP contribution in [-0.2, 0) is 20.8 Å². The van der Waals surface area contributed by atoms with Gasteiger partial charge in [0.05, 0.1) is 32.1 Å². The van der Waals surface area contributed by atoms with Gasteiger partial charge in [-0.25, -0.2) is 23.5 Å². The van der Waals surface area contributed by atoms with E-state index in [-0.39, 0.29) is 11.9 Å². The fraction of sp³-hybridized carbons (Fsp3) is 0.400. The van der Waals surface area contributed by atoms with Gasteiger partial charge in [0, 0.05) is 50.1 Å². The van der Waals surface area contributed by atoms with Crippen molar-refractivity contribution in [2.45, 2.75) is 25.3 Å². The second-order valence-corrected chi connectivity index (χ2v) is 10.1. The minimum Gasteiger partial charge on any atom is -0.378 e. The number of hydroxylamine groups is 1. The molecule has 2 unspecified atom stereocenters. The minimum absolute atomic E-state index is 0.154. The summed E-state index contributed by atoms with van der Waals surface area (Å²) in [5, 5.41) is 7.96. The van der Waals surface area contributed by atoms with Crippen LogP contribution in [0.3, 0.4) is 0 Å². The molecule has 2 atom stereocenters. The molecule has 1 aliphatic heterocycles. The van der Waals surface area contributed by atoms with E-state index in [1.165, 1.54) is 19.2 Å². The number of carbonyl (C=O) groups excluding carboxylic acids is 2. The number of urea groups is 1. The molecule has 1 fully saturated rings. The molecule has 1 aromatic heterocycles. The summed E-state index contributed by atoms with van der Waals surface area (Å²) in [6.45, 7) is 2.84. The summed E-state index contributed by atoms with van der Waals surface area (Å²) < 4.78 is 33.3. The van der Waals surface area contributed by atoms with E-state index in [2.05, 4.69) is 26.3 Å². The van der Waals surface area contributed by atoms with E-state index in [1.807, 2.05) is 18.2 Å². The van der Waals surface area contributed by atoms with E-state index < -0.39 is 17.7 Å². The number of morpholine rings is 1. The lowest BCUT2D eigenvalue weighted by Crippen LogP contribution is -2.37. The van der Waals surface area contributed by atoms with Gasteiger partial charge in [0.25, 0.3) is 0 Å². The van der Waals surface area contributed by atoms with Crippen LogP contribution in [0.1, 0.15) is 30.1 Å². The number of halogens is 2. The lowest BCUT2D eigenvalue weighted by molar-refractivity contribution is -0.109. The number of aryl methyl sites for hydroxylation is 1. The van der Waals surface area contributed by atoms with E-state index in [0.717, 1.165) is 17.4 Å². The maximum absolute atomic E-state index is 13.9. The molecule has 1 saturated heterocycles. The second-order valence-electron chi connectivity index (χ2n) is 10.1. The Bertz CT molecular complexity index is 1340. The van der Waals surface area contributed by atoms with Crippen LogP contribution in [0.15, 0.2) is 48.5 Å². The van der Waals surface area contributed by atoms with Crippen molar-refractivity contribution >= 4 is 23.9 Å². The molecule has 1 aliphatic rings. The number of carbonyl (C=O) groups is 2. The molecule has 230 valence electrons. The van der Waals surface area contributed by atoms with Crippen molar-refractivity contribution in [3.63, 3.8) is 0 Å². The number of amides is 3. The third-order valence-corrected chi connectivity index (χ3v) is 7.20. The van der Waals surface area contributed by atoms with Gasteiger partial charge in [-0.1, -0.05) is 0 Å². The van der Waals surface area contributed by atoms with Gasteiger partial charge in [0.1, 0.15) is 17.5 Å². The number of nitrogens with zero attached hydrogens (tertiary/aromatic N) is 3. The zero-order chi connectivity index (χ0) is 30.6. The second kappa shape index (κ2) is 15.9. The summed E-state index contributed by atoms with van der Waals surface area (Å²) in [7, 11) is 3.05. The molecular weight excluding hydrogens is 560 g/mol. The van der Waals surface area contributed by atoms with Crippen LogP contribution in [0.4, 0.5) is 25.1 Å². The quantitative estimate of drug-likeness (QED) is 0.126. The van der Waals surface area contributed by atoms with Crippen molar-refractivity contribution < 1.29 is 27.9 Å². The number of hydrogen-bond donors (Lipinski definition) is 4. The Morgan fingerprint density at radius 1 is 1.07 bits per heavy atom. The molecule has 0 spiro atoms. The predicted octanol–water partition coefficient (Wildman–Crippen LogP) is 3.59. The van der Waals surface area contributed by atoms with Crippen LogP contribution in [0, 0.1) is 17.6 Å².